The minimum absolute atomic E-state index is 0.497. The highest BCUT2D eigenvalue weighted by Crippen LogP contribution is 2.29. The van der Waals surface area contributed by atoms with Gasteiger partial charge in [-0.2, -0.15) is 18.3 Å². The number of allylic oxidation sites excluding steroid dienone is 1. The van der Waals surface area contributed by atoms with Crippen LogP contribution in [0, 0.1) is 0 Å². The Bertz CT molecular complexity index is 1290. The Morgan fingerprint density at radius 1 is 0.853 bits per heavy atom. The maximum atomic E-state index is 13.1. The topological polar surface area (TPSA) is 33.4 Å². The summed E-state index contributed by atoms with van der Waals surface area (Å²) in [7, 11) is 3.72. The van der Waals surface area contributed by atoms with Crippen molar-refractivity contribution < 1.29 is 13.2 Å². The summed E-state index contributed by atoms with van der Waals surface area (Å²) in [6.45, 7) is 0. The summed E-state index contributed by atoms with van der Waals surface area (Å²) in [5.41, 5.74) is 2.90. The number of hydrogen-bond donors (Lipinski definition) is 0. The van der Waals surface area contributed by atoms with Crippen molar-refractivity contribution in [3.63, 3.8) is 0 Å². The zero-order valence-corrected chi connectivity index (χ0v) is 18.7. The van der Waals surface area contributed by atoms with Gasteiger partial charge in [0.2, 0.25) is 0 Å². The summed E-state index contributed by atoms with van der Waals surface area (Å²) in [4.78, 5) is 6.65. The molecule has 0 saturated carbocycles. The lowest BCUT2D eigenvalue weighted by Gasteiger charge is -2.10. The largest absolute Gasteiger partial charge is 0.416 e. The van der Waals surface area contributed by atoms with Crippen molar-refractivity contribution in [3.05, 3.63) is 115 Å². The number of benzene rings is 3. The van der Waals surface area contributed by atoms with Crippen molar-refractivity contribution in [2.45, 2.75) is 6.18 Å². The molecule has 3 aromatic carbocycles. The predicted molar refractivity (Wildman–Crippen MR) is 129 cm³/mol. The van der Waals surface area contributed by atoms with Crippen molar-refractivity contribution in [2.24, 2.45) is 5.10 Å². The molecule has 0 unspecified atom stereocenters. The van der Waals surface area contributed by atoms with Crippen molar-refractivity contribution >= 4 is 5.71 Å². The van der Waals surface area contributed by atoms with E-state index in [2.05, 4.69) is 0 Å². The molecule has 34 heavy (non-hydrogen) atoms. The number of halogens is 3. The standard InChI is InChI=1S/C27H23F3N4/c1-33(2)18-17-24(21-13-15-23(16-14-21)27(28,29)30)32-34-19-25(20-9-5-3-6-10-20)31-26(34)22-11-7-4-8-12-22/h3-19H,1-2H3/b18-17+,32-24+. The van der Waals surface area contributed by atoms with Gasteiger partial charge in [0.05, 0.1) is 23.2 Å². The molecule has 0 aliphatic rings. The fraction of sp³-hybridized carbons (Fsp3) is 0.111. The van der Waals surface area contributed by atoms with Gasteiger partial charge in [0, 0.05) is 37.0 Å². The quantitative estimate of drug-likeness (QED) is 0.305. The number of rotatable bonds is 6. The molecule has 7 heteroatoms. The van der Waals surface area contributed by atoms with Crippen molar-refractivity contribution in [2.75, 3.05) is 14.1 Å². The van der Waals surface area contributed by atoms with Crippen LogP contribution in [0.1, 0.15) is 11.1 Å². The third kappa shape index (κ3) is 5.43. The number of nitrogens with zero attached hydrogens (tertiary/aromatic N) is 4. The summed E-state index contributed by atoms with van der Waals surface area (Å²) in [5.74, 6) is 0.627. The van der Waals surface area contributed by atoms with Gasteiger partial charge in [0.25, 0.3) is 0 Å². The van der Waals surface area contributed by atoms with Crippen LogP contribution in [-0.2, 0) is 6.18 Å². The van der Waals surface area contributed by atoms with E-state index >= 15 is 0 Å². The van der Waals surface area contributed by atoms with Gasteiger partial charge in [0.1, 0.15) is 0 Å². The van der Waals surface area contributed by atoms with Crippen molar-refractivity contribution in [1.82, 2.24) is 14.6 Å². The minimum Gasteiger partial charge on any atom is -0.383 e. The molecule has 0 atom stereocenters. The van der Waals surface area contributed by atoms with Crippen molar-refractivity contribution in [1.29, 1.82) is 0 Å². The van der Waals surface area contributed by atoms with E-state index in [0.717, 1.165) is 29.0 Å². The van der Waals surface area contributed by atoms with E-state index in [1.807, 2.05) is 85.9 Å². The number of imidazole rings is 1. The van der Waals surface area contributed by atoms with E-state index in [1.165, 1.54) is 12.1 Å². The molecular weight excluding hydrogens is 437 g/mol. The monoisotopic (exact) mass is 460 g/mol. The Hall–Kier alpha value is -4.13. The first-order chi connectivity index (χ1) is 16.3. The van der Waals surface area contributed by atoms with Crippen LogP contribution in [0.15, 0.2) is 109 Å². The van der Waals surface area contributed by atoms with E-state index in [-0.39, 0.29) is 0 Å². The molecule has 0 aliphatic heterocycles. The molecule has 0 bridgehead atoms. The Kier molecular flexibility index (Phi) is 6.63. The molecule has 4 rings (SSSR count). The molecule has 0 spiro atoms. The highest BCUT2D eigenvalue weighted by Gasteiger charge is 2.30. The molecule has 0 N–H and O–H groups in total. The van der Waals surface area contributed by atoms with Gasteiger partial charge in [-0.3, -0.25) is 0 Å². The molecule has 0 fully saturated rings. The van der Waals surface area contributed by atoms with Crippen LogP contribution < -0.4 is 0 Å². The van der Waals surface area contributed by atoms with Gasteiger partial charge in [0.15, 0.2) is 5.82 Å². The Balaban J connectivity index is 1.85. The third-order valence-electron chi connectivity index (χ3n) is 5.04. The first kappa shape index (κ1) is 23.0. The number of aromatic nitrogens is 2. The van der Waals surface area contributed by atoms with Crippen LogP contribution in [0.3, 0.4) is 0 Å². The zero-order valence-electron chi connectivity index (χ0n) is 18.7. The number of hydrogen-bond acceptors (Lipinski definition) is 3. The molecule has 1 heterocycles. The molecular formula is C27H23F3N4. The fourth-order valence-corrected chi connectivity index (χ4v) is 3.33. The highest BCUT2D eigenvalue weighted by atomic mass is 19.4. The lowest BCUT2D eigenvalue weighted by molar-refractivity contribution is -0.137. The average Bonchev–Trinajstić information content (AvgIpc) is 3.26. The first-order valence-electron chi connectivity index (χ1n) is 10.6. The predicted octanol–water partition coefficient (Wildman–Crippen LogP) is 6.56. The molecule has 172 valence electrons. The second kappa shape index (κ2) is 9.79. The van der Waals surface area contributed by atoms with E-state index in [0.29, 0.717) is 17.1 Å². The van der Waals surface area contributed by atoms with Gasteiger partial charge < -0.3 is 4.90 Å². The third-order valence-corrected chi connectivity index (χ3v) is 5.04. The van der Waals surface area contributed by atoms with Crippen LogP contribution in [0.4, 0.5) is 13.2 Å². The maximum Gasteiger partial charge on any atom is 0.416 e. The van der Waals surface area contributed by atoms with E-state index in [1.54, 1.807) is 17.0 Å². The lowest BCUT2D eigenvalue weighted by Crippen LogP contribution is -2.08. The molecule has 0 saturated heterocycles. The summed E-state index contributed by atoms with van der Waals surface area (Å²) < 4.78 is 40.9. The van der Waals surface area contributed by atoms with E-state index < -0.39 is 11.7 Å². The van der Waals surface area contributed by atoms with Gasteiger partial charge in [-0.25, -0.2) is 9.66 Å². The Morgan fingerprint density at radius 2 is 1.44 bits per heavy atom. The maximum absolute atomic E-state index is 13.1. The second-order valence-corrected chi connectivity index (χ2v) is 7.87. The summed E-state index contributed by atoms with van der Waals surface area (Å²) in [5, 5.41) is 4.79. The zero-order chi connectivity index (χ0) is 24.1. The Labute approximate surface area is 196 Å². The van der Waals surface area contributed by atoms with Crippen LogP contribution in [-0.4, -0.2) is 34.4 Å². The summed E-state index contributed by atoms with van der Waals surface area (Å²) in [6, 6.07) is 24.4. The van der Waals surface area contributed by atoms with E-state index in [4.69, 9.17) is 10.1 Å². The molecule has 4 aromatic rings. The Morgan fingerprint density at radius 3 is 2.00 bits per heavy atom. The van der Waals surface area contributed by atoms with Crippen LogP contribution in [0.5, 0.6) is 0 Å². The van der Waals surface area contributed by atoms with Gasteiger partial charge in [-0.15, -0.1) is 0 Å². The second-order valence-electron chi connectivity index (χ2n) is 7.87. The van der Waals surface area contributed by atoms with Gasteiger partial charge in [-0.05, 0) is 18.2 Å². The van der Waals surface area contributed by atoms with Crippen molar-refractivity contribution in [3.8, 4) is 22.6 Å². The van der Waals surface area contributed by atoms with Crippen LogP contribution in [0.25, 0.3) is 22.6 Å². The first-order valence-corrected chi connectivity index (χ1v) is 10.6. The highest BCUT2D eigenvalue weighted by molar-refractivity contribution is 6.08. The fourth-order valence-electron chi connectivity index (χ4n) is 3.33. The minimum atomic E-state index is -4.40. The lowest BCUT2D eigenvalue weighted by atomic mass is 10.1. The normalized spacial score (nSPS) is 12.3. The molecule has 0 amide bonds. The van der Waals surface area contributed by atoms with Crippen LogP contribution >= 0.6 is 0 Å². The summed E-state index contributed by atoms with van der Waals surface area (Å²) in [6.07, 6.45) is 0.989. The van der Waals surface area contributed by atoms with Gasteiger partial charge in [-0.1, -0.05) is 72.8 Å². The van der Waals surface area contributed by atoms with Crippen LogP contribution in [0.2, 0.25) is 0 Å². The summed E-state index contributed by atoms with van der Waals surface area (Å²) >= 11 is 0. The van der Waals surface area contributed by atoms with E-state index in [9.17, 15) is 13.2 Å². The smallest absolute Gasteiger partial charge is 0.383 e. The number of alkyl halides is 3. The van der Waals surface area contributed by atoms with Gasteiger partial charge >= 0.3 is 6.18 Å². The molecule has 4 nitrogen and oxygen atoms in total. The SMILES string of the molecule is CN(C)/C=C/C(=N\n1cc(-c2ccccc2)nc1-c1ccccc1)c1ccc(C(F)(F)F)cc1. The molecule has 0 aliphatic carbocycles. The molecule has 1 aromatic heterocycles. The molecule has 0 radical (unpaired) electrons. The average molecular weight is 461 g/mol.